The molecule has 0 radical (unpaired) electrons. The molecule has 1 aliphatic rings. The quantitative estimate of drug-likeness (QED) is 0.418. The summed E-state index contributed by atoms with van der Waals surface area (Å²) in [5.41, 5.74) is 0. The molecule has 1 fully saturated rings. The van der Waals surface area contributed by atoms with Crippen LogP contribution >= 0.6 is 11.8 Å². The van der Waals surface area contributed by atoms with Gasteiger partial charge in [-0.2, -0.15) is 11.8 Å². The largest absolute Gasteiger partial charge is 0.380 e. The van der Waals surface area contributed by atoms with E-state index >= 15 is 0 Å². The first kappa shape index (κ1) is 11.4. The molecule has 0 aromatic heterocycles. The van der Waals surface area contributed by atoms with Crippen molar-refractivity contribution in [2.24, 2.45) is 0 Å². The van der Waals surface area contributed by atoms with Crippen LogP contribution in [0.25, 0.3) is 0 Å². The van der Waals surface area contributed by atoms with Gasteiger partial charge in [-0.25, -0.2) is 0 Å². The lowest BCUT2D eigenvalue weighted by molar-refractivity contribution is 0.137. The van der Waals surface area contributed by atoms with Crippen molar-refractivity contribution in [3.05, 3.63) is 0 Å². The average molecular weight is 202 g/mol. The maximum atomic E-state index is 5.54. The summed E-state index contributed by atoms with van der Waals surface area (Å²) in [6.45, 7) is 4.25. The maximum absolute atomic E-state index is 5.54. The highest BCUT2D eigenvalue weighted by Gasteiger charge is 2.21. The first-order valence-corrected chi connectivity index (χ1v) is 6.67. The lowest BCUT2D eigenvalue weighted by atomic mass is 10.1. The van der Waals surface area contributed by atoms with Crippen LogP contribution < -0.4 is 0 Å². The lowest BCUT2D eigenvalue weighted by Crippen LogP contribution is -2.01. The number of thioether (sulfide) groups is 1. The predicted octanol–water partition coefficient (Wildman–Crippen LogP) is 3.48. The number of hydrogen-bond acceptors (Lipinski definition) is 2. The number of rotatable bonds is 9. The topological polar surface area (TPSA) is 9.23 Å². The molecular weight excluding hydrogens is 180 g/mol. The Balaban J connectivity index is 1.63. The van der Waals surface area contributed by atoms with Gasteiger partial charge in [-0.05, 0) is 6.42 Å². The molecule has 0 spiro atoms. The summed E-state index contributed by atoms with van der Waals surface area (Å²) >= 11 is 2.02. The Morgan fingerprint density at radius 3 is 2.54 bits per heavy atom. The maximum Gasteiger partial charge on any atom is 0.0593 e. The van der Waals surface area contributed by atoms with Crippen LogP contribution in [0, 0.1) is 0 Å². The Labute approximate surface area is 86.6 Å². The molecule has 1 nitrogen and oxygen atoms in total. The van der Waals surface area contributed by atoms with Gasteiger partial charge in [0.05, 0.1) is 6.61 Å². The van der Waals surface area contributed by atoms with Crippen molar-refractivity contribution in [3.8, 4) is 0 Å². The van der Waals surface area contributed by atoms with Gasteiger partial charge in [0.15, 0.2) is 0 Å². The molecule has 78 valence electrons. The van der Waals surface area contributed by atoms with E-state index in [1.54, 1.807) is 0 Å². The van der Waals surface area contributed by atoms with Gasteiger partial charge in [0.2, 0.25) is 0 Å². The van der Waals surface area contributed by atoms with Crippen LogP contribution in [0.15, 0.2) is 0 Å². The first-order chi connectivity index (χ1) is 6.43. The van der Waals surface area contributed by atoms with Gasteiger partial charge in [-0.15, -0.1) is 0 Å². The van der Waals surface area contributed by atoms with Crippen LogP contribution in [0.4, 0.5) is 0 Å². The summed E-state index contributed by atoms with van der Waals surface area (Å²) in [4.78, 5) is 0. The summed E-state index contributed by atoms with van der Waals surface area (Å²) in [6, 6.07) is 0. The van der Waals surface area contributed by atoms with Crippen molar-refractivity contribution in [1.82, 2.24) is 0 Å². The minimum Gasteiger partial charge on any atom is -0.380 e. The zero-order valence-corrected chi connectivity index (χ0v) is 9.57. The summed E-state index contributed by atoms with van der Waals surface area (Å²) in [5, 5.41) is 0.847. The van der Waals surface area contributed by atoms with Crippen molar-refractivity contribution < 1.29 is 4.74 Å². The van der Waals surface area contributed by atoms with Gasteiger partial charge < -0.3 is 4.74 Å². The van der Waals surface area contributed by atoms with E-state index in [9.17, 15) is 0 Å². The van der Waals surface area contributed by atoms with E-state index in [4.69, 9.17) is 4.74 Å². The van der Waals surface area contributed by atoms with E-state index in [0.29, 0.717) is 0 Å². The van der Waals surface area contributed by atoms with Crippen molar-refractivity contribution >= 4 is 11.8 Å². The lowest BCUT2D eigenvalue weighted by Gasteiger charge is -2.02. The van der Waals surface area contributed by atoms with E-state index in [1.165, 1.54) is 44.3 Å². The summed E-state index contributed by atoms with van der Waals surface area (Å²) in [6.07, 6.45) is 8.18. The molecule has 1 unspecified atom stereocenters. The van der Waals surface area contributed by atoms with Gasteiger partial charge in [-0.3, -0.25) is 0 Å². The second kappa shape index (κ2) is 7.69. The molecule has 0 saturated carbocycles. The van der Waals surface area contributed by atoms with Gasteiger partial charge in [0, 0.05) is 17.6 Å². The molecule has 1 aliphatic heterocycles. The number of ether oxygens (including phenoxy) is 1. The van der Waals surface area contributed by atoms with Crippen LogP contribution in [0.3, 0.4) is 0 Å². The normalized spacial score (nSPS) is 20.5. The highest BCUT2D eigenvalue weighted by molar-refractivity contribution is 8.06. The molecule has 1 rings (SSSR count). The van der Waals surface area contributed by atoms with Gasteiger partial charge in [0.1, 0.15) is 0 Å². The highest BCUT2D eigenvalue weighted by atomic mass is 32.2. The standard InChI is InChI=1S/C11H22OS/c1-2-3-4-5-6-7-8-12-9-11-10-13-11/h11H,2-10H2,1H3. The van der Waals surface area contributed by atoms with Crippen LogP contribution in [0.5, 0.6) is 0 Å². The predicted molar refractivity (Wildman–Crippen MR) is 60.4 cm³/mol. The van der Waals surface area contributed by atoms with Crippen molar-refractivity contribution in [2.75, 3.05) is 19.0 Å². The van der Waals surface area contributed by atoms with Gasteiger partial charge >= 0.3 is 0 Å². The molecular formula is C11H22OS. The molecule has 0 aromatic rings. The second-order valence-electron chi connectivity index (χ2n) is 3.80. The summed E-state index contributed by atoms with van der Waals surface area (Å²) < 4.78 is 5.54. The Bertz CT molecular complexity index is 113. The molecule has 13 heavy (non-hydrogen) atoms. The van der Waals surface area contributed by atoms with Crippen LogP contribution in [-0.2, 0) is 4.74 Å². The fourth-order valence-electron chi connectivity index (χ4n) is 1.36. The Morgan fingerprint density at radius 1 is 1.15 bits per heavy atom. The van der Waals surface area contributed by atoms with Crippen molar-refractivity contribution in [1.29, 1.82) is 0 Å². The van der Waals surface area contributed by atoms with Crippen LogP contribution in [-0.4, -0.2) is 24.2 Å². The molecule has 0 bridgehead atoms. The van der Waals surface area contributed by atoms with Crippen LogP contribution in [0.2, 0.25) is 0 Å². The zero-order chi connectivity index (χ0) is 9.36. The third kappa shape index (κ3) is 7.39. The molecule has 1 heterocycles. The fourth-order valence-corrected chi connectivity index (χ4v) is 1.79. The Kier molecular flexibility index (Phi) is 6.73. The minimum absolute atomic E-state index is 0.847. The molecule has 0 amide bonds. The van der Waals surface area contributed by atoms with E-state index < -0.39 is 0 Å². The third-order valence-corrected chi connectivity index (χ3v) is 3.29. The van der Waals surface area contributed by atoms with Crippen molar-refractivity contribution in [2.45, 2.75) is 50.7 Å². The molecule has 1 saturated heterocycles. The zero-order valence-electron chi connectivity index (χ0n) is 8.76. The molecule has 1 atom stereocenters. The third-order valence-electron chi connectivity index (χ3n) is 2.35. The van der Waals surface area contributed by atoms with Gasteiger partial charge in [0.25, 0.3) is 0 Å². The van der Waals surface area contributed by atoms with Crippen LogP contribution in [0.1, 0.15) is 45.4 Å². The highest BCUT2D eigenvalue weighted by Crippen LogP contribution is 2.29. The van der Waals surface area contributed by atoms with Crippen molar-refractivity contribution in [3.63, 3.8) is 0 Å². The van der Waals surface area contributed by atoms with E-state index in [1.807, 2.05) is 11.8 Å². The summed E-state index contributed by atoms with van der Waals surface area (Å²) in [7, 11) is 0. The molecule has 0 aromatic carbocycles. The van der Waals surface area contributed by atoms with E-state index in [-0.39, 0.29) is 0 Å². The fraction of sp³-hybridized carbons (Fsp3) is 1.00. The second-order valence-corrected chi connectivity index (χ2v) is 5.13. The smallest absolute Gasteiger partial charge is 0.0593 e. The molecule has 0 N–H and O–H groups in total. The number of unbranched alkanes of at least 4 members (excludes halogenated alkanes) is 5. The minimum atomic E-state index is 0.847. The van der Waals surface area contributed by atoms with E-state index in [0.717, 1.165) is 18.5 Å². The monoisotopic (exact) mass is 202 g/mol. The number of hydrogen-bond donors (Lipinski definition) is 0. The van der Waals surface area contributed by atoms with E-state index in [2.05, 4.69) is 6.92 Å². The Hall–Kier alpha value is 0.310. The first-order valence-electron chi connectivity index (χ1n) is 5.63. The summed E-state index contributed by atoms with van der Waals surface area (Å²) in [5.74, 6) is 1.33. The molecule has 0 aliphatic carbocycles. The average Bonchev–Trinajstić information content (AvgIpc) is 2.93. The molecule has 2 heteroatoms. The van der Waals surface area contributed by atoms with Gasteiger partial charge in [-0.1, -0.05) is 39.0 Å². The SMILES string of the molecule is CCCCCCCCOCC1CS1. The Morgan fingerprint density at radius 2 is 1.85 bits per heavy atom.